The summed E-state index contributed by atoms with van der Waals surface area (Å²) in [6.45, 7) is 1.96. The Kier molecular flexibility index (Phi) is 5.45. The number of methoxy groups -OCH3 is 2. The van der Waals surface area contributed by atoms with Crippen LogP contribution in [0.4, 0.5) is 0 Å². The van der Waals surface area contributed by atoms with Crippen LogP contribution in [0.3, 0.4) is 0 Å². The van der Waals surface area contributed by atoms with Crippen molar-refractivity contribution in [2.75, 3.05) is 27.3 Å². The largest absolute Gasteiger partial charge is 0.497 e. The van der Waals surface area contributed by atoms with Gasteiger partial charge in [0, 0.05) is 18.7 Å². The Balaban J connectivity index is 1.81. The number of ether oxygens (including phenoxy) is 2. The van der Waals surface area contributed by atoms with E-state index in [1.54, 1.807) is 14.2 Å². The van der Waals surface area contributed by atoms with Gasteiger partial charge in [0.2, 0.25) is 0 Å². The lowest BCUT2D eigenvalue weighted by atomic mass is 10.1. The third kappa shape index (κ3) is 3.75. The van der Waals surface area contributed by atoms with Gasteiger partial charge in [0.15, 0.2) is 5.17 Å². The molecule has 128 valence electrons. The Hall–Kier alpha value is -1.95. The van der Waals surface area contributed by atoms with Gasteiger partial charge in [-0.05, 0) is 48.9 Å². The van der Waals surface area contributed by atoms with Crippen LogP contribution in [0, 0.1) is 0 Å². The minimum Gasteiger partial charge on any atom is -0.497 e. The van der Waals surface area contributed by atoms with Crippen LogP contribution in [0.1, 0.15) is 31.2 Å². The average Bonchev–Trinajstić information content (AvgIpc) is 2.81. The van der Waals surface area contributed by atoms with Gasteiger partial charge in [-0.2, -0.15) is 4.99 Å². The van der Waals surface area contributed by atoms with E-state index in [4.69, 9.17) is 9.47 Å². The summed E-state index contributed by atoms with van der Waals surface area (Å²) in [7, 11) is 3.24. The van der Waals surface area contributed by atoms with E-state index in [1.807, 2.05) is 24.3 Å². The minimum absolute atomic E-state index is 0.177. The second kappa shape index (κ2) is 7.75. The van der Waals surface area contributed by atoms with Crippen LogP contribution >= 0.6 is 11.8 Å². The molecule has 0 radical (unpaired) electrons. The van der Waals surface area contributed by atoms with E-state index in [9.17, 15) is 4.79 Å². The number of rotatable bonds is 3. The normalized spacial score (nSPS) is 20.1. The van der Waals surface area contributed by atoms with Crippen LogP contribution in [0.5, 0.6) is 11.5 Å². The standard InChI is InChI=1S/C18H22N2O3S/c1-22-14-7-8-15(23-2)13(11-14)12-16-17(21)19-18(24-16)20-9-5-3-4-6-10-20/h7-8,11-12H,3-6,9-10H2,1-2H3. The van der Waals surface area contributed by atoms with Gasteiger partial charge in [0.1, 0.15) is 11.5 Å². The zero-order valence-electron chi connectivity index (χ0n) is 14.1. The Morgan fingerprint density at radius 1 is 1.12 bits per heavy atom. The van der Waals surface area contributed by atoms with Crippen LogP contribution in [0.25, 0.3) is 6.08 Å². The van der Waals surface area contributed by atoms with Gasteiger partial charge in [-0.3, -0.25) is 4.79 Å². The first-order valence-electron chi connectivity index (χ1n) is 8.21. The van der Waals surface area contributed by atoms with Gasteiger partial charge in [-0.15, -0.1) is 0 Å². The highest BCUT2D eigenvalue weighted by molar-refractivity contribution is 8.18. The molecule has 0 saturated carbocycles. The third-order valence-electron chi connectivity index (χ3n) is 4.21. The summed E-state index contributed by atoms with van der Waals surface area (Å²) in [6.07, 6.45) is 6.67. The monoisotopic (exact) mass is 346 g/mol. The molecule has 1 saturated heterocycles. The summed E-state index contributed by atoms with van der Waals surface area (Å²) in [5, 5.41) is 0.829. The van der Waals surface area contributed by atoms with Crippen molar-refractivity contribution in [2.45, 2.75) is 25.7 Å². The van der Waals surface area contributed by atoms with Gasteiger partial charge in [0.05, 0.1) is 19.1 Å². The van der Waals surface area contributed by atoms with E-state index in [0.29, 0.717) is 10.7 Å². The summed E-state index contributed by atoms with van der Waals surface area (Å²) in [6, 6.07) is 5.54. The van der Waals surface area contributed by atoms with Gasteiger partial charge in [-0.25, -0.2) is 0 Å². The lowest BCUT2D eigenvalue weighted by Crippen LogP contribution is -2.28. The number of carbonyl (C=O) groups excluding carboxylic acids is 1. The van der Waals surface area contributed by atoms with E-state index in [2.05, 4.69) is 9.89 Å². The van der Waals surface area contributed by atoms with Gasteiger partial charge in [0.25, 0.3) is 5.91 Å². The van der Waals surface area contributed by atoms with E-state index < -0.39 is 0 Å². The number of aliphatic imine (C=N–C) groups is 1. The second-order valence-corrected chi connectivity index (χ2v) is 6.83. The molecule has 1 amide bonds. The first-order chi connectivity index (χ1) is 11.7. The third-order valence-corrected chi connectivity index (χ3v) is 5.25. The molecule has 2 heterocycles. The molecule has 0 bridgehead atoms. The fourth-order valence-corrected chi connectivity index (χ4v) is 3.84. The first-order valence-corrected chi connectivity index (χ1v) is 9.02. The molecule has 0 N–H and O–H groups in total. The lowest BCUT2D eigenvalue weighted by Gasteiger charge is -2.20. The van der Waals surface area contributed by atoms with Crippen LogP contribution < -0.4 is 9.47 Å². The number of benzene rings is 1. The van der Waals surface area contributed by atoms with E-state index in [-0.39, 0.29) is 5.91 Å². The molecule has 0 unspecified atom stereocenters. The van der Waals surface area contributed by atoms with Gasteiger partial charge in [-0.1, -0.05) is 12.8 Å². The summed E-state index contributed by atoms with van der Waals surface area (Å²) in [5.74, 6) is 1.26. The van der Waals surface area contributed by atoms with Crippen LogP contribution in [0.2, 0.25) is 0 Å². The Bertz CT molecular complexity index is 677. The zero-order chi connectivity index (χ0) is 16.9. The zero-order valence-corrected chi connectivity index (χ0v) is 14.9. The van der Waals surface area contributed by atoms with E-state index >= 15 is 0 Å². The number of carbonyl (C=O) groups is 1. The van der Waals surface area contributed by atoms with Crippen molar-refractivity contribution in [1.82, 2.24) is 4.90 Å². The molecular formula is C18H22N2O3S. The van der Waals surface area contributed by atoms with E-state index in [0.717, 1.165) is 42.4 Å². The van der Waals surface area contributed by atoms with Crippen LogP contribution in [-0.2, 0) is 4.79 Å². The summed E-state index contributed by atoms with van der Waals surface area (Å²) < 4.78 is 10.6. The maximum atomic E-state index is 12.3. The Morgan fingerprint density at radius 3 is 2.54 bits per heavy atom. The fraction of sp³-hybridized carbons (Fsp3) is 0.444. The number of hydrogen-bond acceptors (Lipinski definition) is 5. The average molecular weight is 346 g/mol. The van der Waals surface area contributed by atoms with Crippen molar-refractivity contribution in [3.63, 3.8) is 0 Å². The predicted octanol–water partition coefficient (Wildman–Crippen LogP) is 3.55. The first kappa shape index (κ1) is 16.9. The molecule has 5 nitrogen and oxygen atoms in total. The summed E-state index contributed by atoms with van der Waals surface area (Å²) >= 11 is 1.45. The molecule has 6 heteroatoms. The number of hydrogen-bond donors (Lipinski definition) is 0. The van der Waals surface area contributed by atoms with Crippen molar-refractivity contribution in [2.24, 2.45) is 4.99 Å². The van der Waals surface area contributed by atoms with Crippen molar-refractivity contribution in [1.29, 1.82) is 0 Å². The Morgan fingerprint density at radius 2 is 1.88 bits per heavy atom. The number of nitrogens with zero attached hydrogens (tertiary/aromatic N) is 2. The lowest BCUT2D eigenvalue weighted by molar-refractivity contribution is -0.113. The molecule has 2 aliphatic rings. The highest BCUT2D eigenvalue weighted by Crippen LogP contribution is 2.34. The molecule has 2 aliphatic heterocycles. The molecule has 0 spiro atoms. The molecule has 1 aromatic rings. The fourth-order valence-electron chi connectivity index (χ4n) is 2.89. The van der Waals surface area contributed by atoms with Crippen LogP contribution in [0.15, 0.2) is 28.1 Å². The summed E-state index contributed by atoms with van der Waals surface area (Å²) in [5.41, 5.74) is 0.819. The number of amidine groups is 1. The smallest absolute Gasteiger partial charge is 0.286 e. The maximum absolute atomic E-state index is 12.3. The summed E-state index contributed by atoms with van der Waals surface area (Å²) in [4.78, 5) is 19.4. The van der Waals surface area contributed by atoms with Crippen molar-refractivity contribution in [3.8, 4) is 11.5 Å². The van der Waals surface area contributed by atoms with E-state index in [1.165, 1.54) is 24.6 Å². The number of likely N-dealkylation sites (tertiary alicyclic amines) is 1. The molecule has 24 heavy (non-hydrogen) atoms. The molecule has 1 fully saturated rings. The number of thioether (sulfide) groups is 1. The highest BCUT2D eigenvalue weighted by atomic mass is 32.2. The minimum atomic E-state index is -0.177. The highest BCUT2D eigenvalue weighted by Gasteiger charge is 2.26. The molecule has 0 atom stereocenters. The van der Waals surface area contributed by atoms with Crippen molar-refractivity contribution < 1.29 is 14.3 Å². The molecule has 1 aromatic carbocycles. The molecular weight excluding hydrogens is 324 g/mol. The molecule has 0 aromatic heterocycles. The Labute approximate surface area is 146 Å². The van der Waals surface area contributed by atoms with Gasteiger partial charge >= 0.3 is 0 Å². The maximum Gasteiger partial charge on any atom is 0.286 e. The van der Waals surface area contributed by atoms with Crippen molar-refractivity contribution >= 4 is 28.9 Å². The molecule has 0 aliphatic carbocycles. The second-order valence-electron chi connectivity index (χ2n) is 5.82. The topological polar surface area (TPSA) is 51.1 Å². The van der Waals surface area contributed by atoms with Crippen LogP contribution in [-0.4, -0.2) is 43.3 Å². The molecule has 3 rings (SSSR count). The van der Waals surface area contributed by atoms with Gasteiger partial charge < -0.3 is 14.4 Å². The van der Waals surface area contributed by atoms with Crippen molar-refractivity contribution in [3.05, 3.63) is 28.7 Å². The quantitative estimate of drug-likeness (QED) is 0.784. The number of amides is 1. The SMILES string of the molecule is COc1ccc(OC)c(C=C2SC(N3CCCCCC3)=NC2=O)c1. The predicted molar refractivity (Wildman–Crippen MR) is 97.6 cm³/mol.